The predicted molar refractivity (Wildman–Crippen MR) is 123 cm³/mol. The van der Waals surface area contributed by atoms with Crippen molar-refractivity contribution < 1.29 is 23.4 Å². The van der Waals surface area contributed by atoms with Crippen LogP contribution in [0.3, 0.4) is 0 Å². The highest BCUT2D eigenvalue weighted by molar-refractivity contribution is 5.64. The van der Waals surface area contributed by atoms with Crippen LogP contribution in [0.4, 0.5) is 8.78 Å². The second-order valence-corrected chi connectivity index (χ2v) is 9.91. The monoisotopic (exact) mass is 491 g/mol. The molecule has 36 heavy (non-hydrogen) atoms. The van der Waals surface area contributed by atoms with E-state index in [0.29, 0.717) is 11.4 Å². The molecule has 10 heteroatoms. The average molecular weight is 491 g/mol. The summed E-state index contributed by atoms with van der Waals surface area (Å²) < 4.78 is 34.4. The molecule has 0 unspecified atom stereocenters. The van der Waals surface area contributed by atoms with Gasteiger partial charge in [-0.25, -0.2) is 18.7 Å². The van der Waals surface area contributed by atoms with E-state index in [-0.39, 0.29) is 34.2 Å². The van der Waals surface area contributed by atoms with Gasteiger partial charge >= 0.3 is 0 Å². The normalized spacial score (nSPS) is 22.6. The molecule has 0 spiro atoms. The third kappa shape index (κ3) is 3.00. The quantitative estimate of drug-likeness (QED) is 0.429. The second-order valence-electron chi connectivity index (χ2n) is 9.91. The number of aliphatic hydroxyl groups is 2. The van der Waals surface area contributed by atoms with E-state index in [0.717, 1.165) is 24.1 Å². The Morgan fingerprint density at radius 1 is 1.11 bits per heavy atom. The standard InChI is InChI=1S/C26H23F2N5O3/c1-25(2)14-6-7-26(25,21-10-29-9-18(30-21)24-31-19(12-36-24)20(35)11-34)23-13(14)8-17(32-33-23)22-15(27)4-3-5-16(22)28/h3-5,8-10,12,14,20,34-35H,6-7,11H2,1-2H3/t14-,20-,26-/m0/s1. The first-order valence-corrected chi connectivity index (χ1v) is 11.7. The fourth-order valence-corrected chi connectivity index (χ4v) is 6.08. The lowest BCUT2D eigenvalue weighted by Gasteiger charge is -2.37. The maximum Gasteiger partial charge on any atom is 0.247 e. The topological polar surface area (TPSA) is 118 Å². The Morgan fingerprint density at radius 3 is 2.64 bits per heavy atom. The van der Waals surface area contributed by atoms with E-state index in [1.54, 1.807) is 12.3 Å². The number of rotatable bonds is 5. The molecule has 8 nitrogen and oxygen atoms in total. The molecule has 1 aromatic carbocycles. The van der Waals surface area contributed by atoms with Crippen LogP contribution >= 0.6 is 0 Å². The van der Waals surface area contributed by atoms with Crippen LogP contribution in [0.25, 0.3) is 22.8 Å². The highest BCUT2D eigenvalue weighted by Gasteiger charge is 2.65. The Balaban J connectivity index is 1.47. The predicted octanol–water partition coefficient (Wildman–Crippen LogP) is 4.10. The van der Waals surface area contributed by atoms with Crippen LogP contribution in [0.5, 0.6) is 0 Å². The van der Waals surface area contributed by atoms with Crippen LogP contribution in [0.15, 0.2) is 47.3 Å². The van der Waals surface area contributed by atoms with Crippen molar-refractivity contribution in [1.29, 1.82) is 0 Å². The van der Waals surface area contributed by atoms with E-state index < -0.39 is 29.8 Å². The molecule has 1 saturated carbocycles. The molecule has 0 aliphatic heterocycles. The molecule has 0 radical (unpaired) electrons. The van der Waals surface area contributed by atoms with Gasteiger partial charge in [0.15, 0.2) is 0 Å². The average Bonchev–Trinajstić information content (AvgIpc) is 3.52. The SMILES string of the molecule is CC1(C)[C@H]2CC[C@]1(c1cncc(-c3nc([C@@H](O)CO)co3)n1)c1nnc(-c3c(F)cccc3F)cc12. The van der Waals surface area contributed by atoms with Crippen molar-refractivity contribution >= 4 is 0 Å². The molecule has 184 valence electrons. The Morgan fingerprint density at radius 2 is 1.89 bits per heavy atom. The summed E-state index contributed by atoms with van der Waals surface area (Å²) in [4.78, 5) is 13.5. The lowest BCUT2D eigenvalue weighted by atomic mass is 9.66. The number of hydrogen-bond acceptors (Lipinski definition) is 8. The Kier molecular flexibility index (Phi) is 5.03. The summed E-state index contributed by atoms with van der Waals surface area (Å²) in [6.45, 7) is 3.81. The molecular formula is C26H23F2N5O3. The summed E-state index contributed by atoms with van der Waals surface area (Å²) in [5, 5.41) is 27.8. The molecule has 3 atom stereocenters. The van der Waals surface area contributed by atoms with Gasteiger partial charge in [0.25, 0.3) is 0 Å². The Bertz CT molecular complexity index is 1470. The van der Waals surface area contributed by atoms with E-state index in [2.05, 4.69) is 34.0 Å². The zero-order valence-electron chi connectivity index (χ0n) is 19.6. The van der Waals surface area contributed by atoms with E-state index in [9.17, 15) is 19.0 Å². The van der Waals surface area contributed by atoms with Gasteiger partial charge in [0.1, 0.15) is 35.4 Å². The molecule has 0 saturated heterocycles. The van der Waals surface area contributed by atoms with Crippen LogP contribution in [-0.2, 0) is 5.41 Å². The minimum atomic E-state index is -1.16. The first-order chi connectivity index (χ1) is 17.3. The van der Waals surface area contributed by atoms with Gasteiger partial charge in [-0.1, -0.05) is 19.9 Å². The zero-order valence-corrected chi connectivity index (χ0v) is 19.6. The minimum absolute atomic E-state index is 0.0927. The van der Waals surface area contributed by atoms with Crippen LogP contribution in [0, 0.1) is 17.0 Å². The fraction of sp³-hybridized carbons (Fsp3) is 0.346. The van der Waals surface area contributed by atoms with E-state index in [1.165, 1.54) is 30.7 Å². The highest BCUT2D eigenvalue weighted by Crippen LogP contribution is 2.69. The number of aromatic nitrogens is 5. The van der Waals surface area contributed by atoms with Crippen LogP contribution in [-0.4, -0.2) is 42.0 Å². The summed E-state index contributed by atoms with van der Waals surface area (Å²) >= 11 is 0. The van der Waals surface area contributed by atoms with Gasteiger partial charge in [0.05, 0.1) is 40.9 Å². The van der Waals surface area contributed by atoms with Crippen molar-refractivity contribution in [2.75, 3.05) is 6.61 Å². The molecule has 2 N–H and O–H groups in total. The van der Waals surface area contributed by atoms with Gasteiger partial charge in [0.2, 0.25) is 5.89 Å². The molecule has 2 aliphatic rings. The van der Waals surface area contributed by atoms with Crippen molar-refractivity contribution in [2.45, 2.75) is 44.1 Å². The summed E-state index contributed by atoms with van der Waals surface area (Å²) in [7, 11) is 0. The van der Waals surface area contributed by atoms with Gasteiger partial charge in [-0.2, -0.15) is 5.10 Å². The third-order valence-corrected chi connectivity index (χ3v) is 7.93. The van der Waals surface area contributed by atoms with Gasteiger partial charge in [-0.05, 0) is 47.9 Å². The van der Waals surface area contributed by atoms with Crippen LogP contribution in [0.1, 0.15) is 61.4 Å². The number of halogens is 2. The smallest absolute Gasteiger partial charge is 0.247 e. The second kappa shape index (κ2) is 7.94. The summed E-state index contributed by atoms with van der Waals surface area (Å²) in [6.07, 6.45) is 4.95. The number of nitrogens with zero attached hydrogens (tertiary/aromatic N) is 5. The van der Waals surface area contributed by atoms with Crippen molar-refractivity contribution in [3.63, 3.8) is 0 Å². The Hall–Kier alpha value is -3.63. The van der Waals surface area contributed by atoms with Crippen molar-refractivity contribution in [3.8, 4) is 22.8 Å². The maximum absolute atomic E-state index is 14.5. The van der Waals surface area contributed by atoms with Gasteiger partial charge in [-0.15, -0.1) is 5.10 Å². The molecular weight excluding hydrogens is 468 g/mol. The van der Waals surface area contributed by atoms with Crippen LogP contribution < -0.4 is 0 Å². The van der Waals surface area contributed by atoms with Crippen molar-refractivity contribution in [2.24, 2.45) is 5.41 Å². The number of oxazole rings is 1. The molecule has 6 rings (SSSR count). The summed E-state index contributed by atoms with van der Waals surface area (Å²) in [5.74, 6) is -1.10. The van der Waals surface area contributed by atoms with Gasteiger partial charge < -0.3 is 14.6 Å². The molecule has 0 amide bonds. The number of hydrogen-bond donors (Lipinski definition) is 2. The van der Waals surface area contributed by atoms with Crippen LogP contribution in [0.2, 0.25) is 0 Å². The van der Waals surface area contributed by atoms with Gasteiger partial charge in [0, 0.05) is 6.20 Å². The number of benzene rings is 1. The molecule has 4 aromatic rings. The first kappa shape index (κ1) is 22.8. The summed E-state index contributed by atoms with van der Waals surface area (Å²) in [6, 6.07) is 5.49. The third-order valence-electron chi connectivity index (χ3n) is 7.93. The van der Waals surface area contributed by atoms with E-state index in [1.807, 2.05) is 0 Å². The zero-order chi connectivity index (χ0) is 25.2. The largest absolute Gasteiger partial charge is 0.443 e. The van der Waals surface area contributed by atoms with E-state index in [4.69, 9.17) is 9.40 Å². The summed E-state index contributed by atoms with van der Waals surface area (Å²) in [5.41, 5.74) is 1.94. The maximum atomic E-state index is 14.5. The Labute approximate surface area is 205 Å². The molecule has 2 aliphatic carbocycles. The number of fused-ring (bicyclic) bond motifs is 5. The molecule has 3 aromatic heterocycles. The molecule has 2 bridgehead atoms. The minimum Gasteiger partial charge on any atom is -0.443 e. The first-order valence-electron chi connectivity index (χ1n) is 11.7. The van der Waals surface area contributed by atoms with Crippen molar-refractivity contribution in [3.05, 3.63) is 77.2 Å². The molecule has 1 fully saturated rings. The molecule has 3 heterocycles. The fourth-order valence-electron chi connectivity index (χ4n) is 6.08. The highest BCUT2D eigenvalue weighted by atomic mass is 19.1. The number of aliphatic hydroxyl groups excluding tert-OH is 2. The lowest BCUT2D eigenvalue weighted by Crippen LogP contribution is -2.38. The van der Waals surface area contributed by atoms with Crippen molar-refractivity contribution in [1.82, 2.24) is 25.1 Å². The van der Waals surface area contributed by atoms with Gasteiger partial charge in [-0.3, -0.25) is 4.98 Å². The van der Waals surface area contributed by atoms with E-state index >= 15 is 0 Å². The lowest BCUT2D eigenvalue weighted by molar-refractivity contribution is 0.0922.